The first-order valence-electron chi connectivity index (χ1n) is 5.95. The fourth-order valence-corrected chi connectivity index (χ4v) is 2.56. The second kappa shape index (κ2) is 5.57. The monoisotopic (exact) mass is 271 g/mol. The molecule has 0 aromatic heterocycles. The van der Waals surface area contributed by atoms with Crippen LogP contribution in [0.5, 0.6) is 5.75 Å². The van der Waals surface area contributed by atoms with Gasteiger partial charge in [0.1, 0.15) is 11.6 Å². The Kier molecular flexibility index (Phi) is 4.07. The second-order valence-electron chi connectivity index (χ2n) is 4.55. The molecule has 1 aromatic rings. The van der Waals surface area contributed by atoms with Crippen LogP contribution in [0.4, 0.5) is 4.39 Å². The highest BCUT2D eigenvalue weighted by atomic mass is 35.5. The van der Waals surface area contributed by atoms with Crippen molar-refractivity contribution in [2.24, 2.45) is 5.92 Å². The van der Waals surface area contributed by atoms with Crippen LogP contribution in [0.2, 0.25) is 0 Å². The molecule has 0 bridgehead atoms. The van der Waals surface area contributed by atoms with E-state index in [4.69, 9.17) is 16.7 Å². The summed E-state index contributed by atoms with van der Waals surface area (Å²) >= 11 is 5.68. The van der Waals surface area contributed by atoms with E-state index >= 15 is 0 Å². The van der Waals surface area contributed by atoms with Crippen LogP contribution in [0, 0.1) is 11.7 Å². The van der Waals surface area contributed by atoms with E-state index in [1.807, 2.05) is 0 Å². The summed E-state index contributed by atoms with van der Waals surface area (Å²) in [5.41, 5.74) is 0.0133. The van der Waals surface area contributed by atoms with E-state index in [9.17, 15) is 9.18 Å². The van der Waals surface area contributed by atoms with Crippen LogP contribution >= 0.6 is 11.6 Å². The Morgan fingerprint density at radius 2 is 2.33 bits per heavy atom. The van der Waals surface area contributed by atoms with E-state index in [0.29, 0.717) is 24.9 Å². The Bertz CT molecular complexity index is 453. The van der Waals surface area contributed by atoms with Crippen molar-refractivity contribution >= 4 is 17.5 Å². The van der Waals surface area contributed by atoms with Gasteiger partial charge in [-0.15, -0.1) is 11.6 Å². The molecule has 0 radical (unpaired) electrons. The normalized spacial score (nSPS) is 19.2. The largest absolute Gasteiger partial charge is 0.508 e. The Balaban J connectivity index is 2.08. The number of benzene rings is 1. The molecule has 1 saturated heterocycles. The van der Waals surface area contributed by atoms with Crippen LogP contribution in [0.3, 0.4) is 0 Å². The fourth-order valence-electron chi connectivity index (χ4n) is 2.25. The molecule has 98 valence electrons. The van der Waals surface area contributed by atoms with Crippen molar-refractivity contribution < 1.29 is 14.3 Å². The molecule has 0 aliphatic carbocycles. The summed E-state index contributed by atoms with van der Waals surface area (Å²) in [6.45, 7) is 1.27. The molecule has 1 aliphatic heterocycles. The lowest BCUT2D eigenvalue weighted by Crippen LogP contribution is -2.29. The van der Waals surface area contributed by atoms with Crippen molar-refractivity contribution in [2.45, 2.75) is 12.8 Å². The van der Waals surface area contributed by atoms with Crippen molar-refractivity contribution in [3.05, 3.63) is 29.6 Å². The highest BCUT2D eigenvalue weighted by molar-refractivity contribution is 6.17. The van der Waals surface area contributed by atoms with Gasteiger partial charge in [0.05, 0.1) is 5.56 Å². The van der Waals surface area contributed by atoms with Gasteiger partial charge in [-0.1, -0.05) is 0 Å². The first-order valence-corrected chi connectivity index (χ1v) is 6.49. The molecule has 1 heterocycles. The van der Waals surface area contributed by atoms with Crippen LogP contribution in [0.15, 0.2) is 18.2 Å². The maximum Gasteiger partial charge on any atom is 0.256 e. The molecule has 2 rings (SSSR count). The third-order valence-electron chi connectivity index (χ3n) is 3.27. The molecule has 1 N–H and O–H groups in total. The number of likely N-dealkylation sites (tertiary alicyclic amines) is 1. The summed E-state index contributed by atoms with van der Waals surface area (Å²) in [7, 11) is 0. The standard InChI is InChI=1S/C13H15ClFNO2/c14-5-3-9-4-6-16(8-9)13(18)11-2-1-10(17)7-12(11)15/h1-2,7,9,17H,3-6,8H2. The van der Waals surface area contributed by atoms with Crippen LogP contribution in [0.25, 0.3) is 0 Å². The minimum Gasteiger partial charge on any atom is -0.508 e. The van der Waals surface area contributed by atoms with Gasteiger partial charge >= 0.3 is 0 Å². The summed E-state index contributed by atoms with van der Waals surface area (Å²) in [5.74, 6) is -0.178. The van der Waals surface area contributed by atoms with Crippen molar-refractivity contribution in [1.29, 1.82) is 0 Å². The fraction of sp³-hybridized carbons (Fsp3) is 0.462. The smallest absolute Gasteiger partial charge is 0.256 e. The van der Waals surface area contributed by atoms with Crippen molar-refractivity contribution in [3.8, 4) is 5.75 Å². The zero-order valence-electron chi connectivity index (χ0n) is 9.90. The Labute approximate surface area is 110 Å². The van der Waals surface area contributed by atoms with Gasteiger partial charge in [-0.25, -0.2) is 4.39 Å². The molecule has 1 unspecified atom stereocenters. The molecule has 5 heteroatoms. The first kappa shape index (κ1) is 13.1. The number of halogens is 2. The maximum absolute atomic E-state index is 13.6. The van der Waals surface area contributed by atoms with E-state index < -0.39 is 5.82 Å². The molecule has 18 heavy (non-hydrogen) atoms. The van der Waals surface area contributed by atoms with E-state index in [-0.39, 0.29) is 17.2 Å². The molecule has 1 atom stereocenters. The molecule has 3 nitrogen and oxygen atoms in total. The number of rotatable bonds is 3. The third-order valence-corrected chi connectivity index (χ3v) is 3.49. The molecule has 0 spiro atoms. The van der Waals surface area contributed by atoms with Crippen molar-refractivity contribution in [1.82, 2.24) is 4.90 Å². The van der Waals surface area contributed by atoms with Crippen LogP contribution < -0.4 is 0 Å². The average molecular weight is 272 g/mol. The maximum atomic E-state index is 13.6. The number of carbonyl (C=O) groups excluding carboxylic acids is 1. The van der Waals surface area contributed by atoms with Gasteiger partial charge in [-0.2, -0.15) is 0 Å². The number of aromatic hydroxyl groups is 1. The number of alkyl halides is 1. The Hall–Kier alpha value is -1.29. The number of phenolic OH excluding ortho intramolecular Hbond substituents is 1. The second-order valence-corrected chi connectivity index (χ2v) is 4.93. The lowest BCUT2D eigenvalue weighted by Gasteiger charge is -2.16. The van der Waals surface area contributed by atoms with Gasteiger partial charge in [0, 0.05) is 25.0 Å². The Morgan fingerprint density at radius 3 is 3.00 bits per heavy atom. The Morgan fingerprint density at radius 1 is 1.56 bits per heavy atom. The molecular weight excluding hydrogens is 257 g/mol. The predicted molar refractivity (Wildman–Crippen MR) is 67.4 cm³/mol. The van der Waals surface area contributed by atoms with Gasteiger partial charge < -0.3 is 10.0 Å². The molecule has 1 aliphatic rings. The average Bonchev–Trinajstić information content (AvgIpc) is 2.77. The molecule has 1 fully saturated rings. The highest BCUT2D eigenvalue weighted by Crippen LogP contribution is 2.23. The van der Waals surface area contributed by atoms with Crippen molar-refractivity contribution in [2.75, 3.05) is 19.0 Å². The lowest BCUT2D eigenvalue weighted by atomic mass is 10.1. The number of amides is 1. The predicted octanol–water partition coefficient (Wildman–Crippen LogP) is 2.62. The summed E-state index contributed by atoms with van der Waals surface area (Å²) in [5, 5.41) is 9.12. The van der Waals surface area contributed by atoms with E-state index in [1.165, 1.54) is 12.1 Å². The highest BCUT2D eigenvalue weighted by Gasteiger charge is 2.27. The van der Waals surface area contributed by atoms with Gasteiger partial charge in [0.25, 0.3) is 5.91 Å². The number of hydrogen-bond donors (Lipinski definition) is 1. The SMILES string of the molecule is O=C(c1ccc(O)cc1F)N1CCC(CCCl)C1. The van der Waals surface area contributed by atoms with E-state index in [0.717, 1.165) is 18.9 Å². The van der Waals surface area contributed by atoms with E-state index in [2.05, 4.69) is 0 Å². The van der Waals surface area contributed by atoms with Crippen LogP contribution in [-0.4, -0.2) is 34.9 Å². The number of phenols is 1. The molecule has 1 aromatic carbocycles. The third kappa shape index (κ3) is 2.75. The molecular formula is C13H15ClFNO2. The van der Waals surface area contributed by atoms with E-state index in [1.54, 1.807) is 4.90 Å². The molecule has 1 amide bonds. The van der Waals surface area contributed by atoms with Gasteiger partial charge in [-0.05, 0) is 30.9 Å². The topological polar surface area (TPSA) is 40.5 Å². The minimum absolute atomic E-state index is 0.0133. The van der Waals surface area contributed by atoms with Crippen molar-refractivity contribution in [3.63, 3.8) is 0 Å². The summed E-state index contributed by atoms with van der Waals surface area (Å²) in [6.07, 6.45) is 1.79. The zero-order valence-corrected chi connectivity index (χ0v) is 10.7. The summed E-state index contributed by atoms with van der Waals surface area (Å²) < 4.78 is 13.6. The van der Waals surface area contributed by atoms with Gasteiger partial charge in [0.15, 0.2) is 0 Å². The van der Waals surface area contributed by atoms with Crippen LogP contribution in [-0.2, 0) is 0 Å². The van der Waals surface area contributed by atoms with Gasteiger partial charge in [0.2, 0.25) is 0 Å². The number of carbonyl (C=O) groups is 1. The molecule has 0 saturated carbocycles. The first-order chi connectivity index (χ1) is 8.61. The number of hydrogen-bond acceptors (Lipinski definition) is 2. The zero-order chi connectivity index (χ0) is 13.1. The summed E-state index contributed by atoms with van der Waals surface area (Å²) in [6, 6.07) is 3.60. The summed E-state index contributed by atoms with van der Waals surface area (Å²) in [4.78, 5) is 13.7. The van der Waals surface area contributed by atoms with Crippen LogP contribution in [0.1, 0.15) is 23.2 Å². The quantitative estimate of drug-likeness (QED) is 0.859. The minimum atomic E-state index is -0.680. The number of nitrogens with zero attached hydrogens (tertiary/aromatic N) is 1. The van der Waals surface area contributed by atoms with Gasteiger partial charge in [-0.3, -0.25) is 4.79 Å². The lowest BCUT2D eigenvalue weighted by molar-refractivity contribution is 0.0782.